The first kappa shape index (κ1) is 23.9. The summed E-state index contributed by atoms with van der Waals surface area (Å²) in [4.78, 5) is 35.5. The van der Waals surface area contributed by atoms with Crippen molar-refractivity contribution in [2.45, 2.75) is 19.9 Å². The summed E-state index contributed by atoms with van der Waals surface area (Å²) in [5, 5.41) is 13.8. The molecule has 0 saturated carbocycles. The molecule has 0 aliphatic carbocycles. The van der Waals surface area contributed by atoms with Gasteiger partial charge in [0.05, 0.1) is 29.6 Å². The number of carbonyl (C=O) groups excluding carboxylic acids is 1. The van der Waals surface area contributed by atoms with E-state index in [2.05, 4.69) is 48.9 Å². The zero-order valence-corrected chi connectivity index (χ0v) is 20.4. The largest absolute Gasteiger partial charge is 0.351 e. The van der Waals surface area contributed by atoms with E-state index in [0.29, 0.717) is 37.1 Å². The van der Waals surface area contributed by atoms with Gasteiger partial charge in [0.25, 0.3) is 5.91 Å². The van der Waals surface area contributed by atoms with Crippen LogP contribution in [0.5, 0.6) is 0 Å². The van der Waals surface area contributed by atoms with Gasteiger partial charge in [-0.1, -0.05) is 19.9 Å². The summed E-state index contributed by atoms with van der Waals surface area (Å²) in [6.45, 7) is 6.19. The smallest absolute Gasteiger partial charge is 0.273 e. The van der Waals surface area contributed by atoms with Crippen LogP contribution in [0.1, 0.15) is 24.3 Å². The van der Waals surface area contributed by atoms with Crippen molar-refractivity contribution in [1.82, 2.24) is 24.8 Å². The van der Waals surface area contributed by atoms with Crippen LogP contribution in [0, 0.1) is 17.4 Å². The van der Waals surface area contributed by atoms with Crippen molar-refractivity contribution in [2.24, 2.45) is 10.9 Å². The van der Waals surface area contributed by atoms with Crippen molar-refractivity contribution >= 4 is 34.3 Å². The number of hydrogen-bond donors (Lipinski definition) is 1. The number of pyridine rings is 1. The zero-order chi connectivity index (χ0) is 24.9. The standard InChI is InChI=1S/C25H29N9O/c1-17(2)22-15-33(23-14-27-13-21(30-23)24(35)32(3)4)11-12-34(22)25(29-16-26)31-20-9-5-8-19-18(20)7-6-10-28-19/h5-10,13-14,17,22H,11-12,15H2,1-4H3,(H,29,31). The molecule has 1 aromatic carbocycles. The first-order valence-electron chi connectivity index (χ1n) is 11.5. The van der Waals surface area contributed by atoms with E-state index in [1.54, 1.807) is 26.5 Å². The Morgan fingerprint density at radius 3 is 2.80 bits per heavy atom. The van der Waals surface area contributed by atoms with Crippen LogP contribution in [-0.2, 0) is 0 Å². The third kappa shape index (κ3) is 5.14. The molecular formula is C25H29N9O. The van der Waals surface area contributed by atoms with Gasteiger partial charge in [-0.3, -0.25) is 14.8 Å². The van der Waals surface area contributed by atoms with Gasteiger partial charge in [0.2, 0.25) is 12.2 Å². The molecule has 1 amide bonds. The molecule has 180 valence electrons. The number of fused-ring (bicyclic) bond motifs is 1. The number of hydrogen-bond acceptors (Lipinski definition) is 7. The van der Waals surface area contributed by atoms with E-state index in [1.807, 2.05) is 36.5 Å². The number of nitriles is 1. The maximum Gasteiger partial charge on any atom is 0.273 e. The van der Waals surface area contributed by atoms with E-state index >= 15 is 0 Å². The molecule has 10 heteroatoms. The summed E-state index contributed by atoms with van der Waals surface area (Å²) in [5.41, 5.74) is 2.02. The fourth-order valence-corrected chi connectivity index (χ4v) is 4.24. The molecule has 0 radical (unpaired) electrons. The number of rotatable bonds is 4. The Bertz CT molecular complexity index is 1280. The normalized spacial score (nSPS) is 16.3. The molecule has 35 heavy (non-hydrogen) atoms. The monoisotopic (exact) mass is 471 g/mol. The lowest BCUT2D eigenvalue weighted by atomic mass is 9.99. The number of guanidine groups is 1. The fourth-order valence-electron chi connectivity index (χ4n) is 4.24. The van der Waals surface area contributed by atoms with Crippen LogP contribution >= 0.6 is 0 Å². The Morgan fingerprint density at radius 1 is 1.23 bits per heavy atom. The predicted molar refractivity (Wildman–Crippen MR) is 136 cm³/mol. The van der Waals surface area contributed by atoms with Crippen molar-refractivity contribution in [3.05, 3.63) is 54.6 Å². The number of carbonyl (C=O) groups is 1. The summed E-state index contributed by atoms with van der Waals surface area (Å²) in [5.74, 6) is 1.24. The molecule has 3 aromatic rings. The minimum atomic E-state index is -0.185. The van der Waals surface area contributed by atoms with E-state index in [0.717, 1.165) is 16.6 Å². The molecule has 1 saturated heterocycles. The molecule has 2 aromatic heterocycles. The highest BCUT2D eigenvalue weighted by atomic mass is 16.2. The van der Waals surface area contributed by atoms with E-state index in [1.165, 1.54) is 11.1 Å². The first-order valence-corrected chi connectivity index (χ1v) is 11.5. The van der Waals surface area contributed by atoms with Gasteiger partial charge in [0.1, 0.15) is 11.5 Å². The van der Waals surface area contributed by atoms with Gasteiger partial charge >= 0.3 is 0 Å². The maximum absolute atomic E-state index is 12.4. The van der Waals surface area contributed by atoms with Gasteiger partial charge in [0, 0.05) is 45.3 Å². The average Bonchev–Trinajstić information content (AvgIpc) is 2.87. The van der Waals surface area contributed by atoms with Crippen LogP contribution in [0.4, 0.5) is 11.5 Å². The number of piperazine rings is 1. The van der Waals surface area contributed by atoms with Crippen LogP contribution < -0.4 is 10.2 Å². The number of amides is 1. The number of anilines is 2. The Hall–Kier alpha value is -4.26. The molecule has 1 aliphatic rings. The van der Waals surface area contributed by atoms with E-state index in [-0.39, 0.29) is 17.9 Å². The number of nitrogens with zero attached hydrogens (tertiary/aromatic N) is 8. The van der Waals surface area contributed by atoms with Crippen molar-refractivity contribution in [2.75, 3.05) is 43.9 Å². The number of aromatic nitrogens is 3. The van der Waals surface area contributed by atoms with Gasteiger partial charge in [0.15, 0.2) is 0 Å². The summed E-state index contributed by atoms with van der Waals surface area (Å²) in [6.07, 6.45) is 6.89. The second-order valence-electron chi connectivity index (χ2n) is 8.95. The van der Waals surface area contributed by atoms with Crippen molar-refractivity contribution in [3.8, 4) is 6.19 Å². The molecule has 3 heterocycles. The molecular weight excluding hydrogens is 442 g/mol. The minimum absolute atomic E-state index is 0.0476. The molecule has 0 bridgehead atoms. The van der Waals surface area contributed by atoms with Gasteiger partial charge in [-0.15, -0.1) is 4.99 Å². The van der Waals surface area contributed by atoms with Crippen LogP contribution in [0.25, 0.3) is 10.9 Å². The van der Waals surface area contributed by atoms with Crippen molar-refractivity contribution < 1.29 is 4.79 Å². The molecule has 1 atom stereocenters. The van der Waals surface area contributed by atoms with E-state index in [9.17, 15) is 10.1 Å². The zero-order valence-electron chi connectivity index (χ0n) is 20.4. The minimum Gasteiger partial charge on any atom is -0.351 e. The average molecular weight is 472 g/mol. The Labute approximate surface area is 204 Å². The van der Waals surface area contributed by atoms with Gasteiger partial charge in [-0.2, -0.15) is 5.26 Å². The second-order valence-corrected chi connectivity index (χ2v) is 8.95. The molecule has 4 rings (SSSR count). The van der Waals surface area contributed by atoms with Crippen molar-refractivity contribution in [3.63, 3.8) is 0 Å². The third-order valence-corrected chi connectivity index (χ3v) is 6.08. The number of aliphatic imine (C=N–C) groups is 1. The maximum atomic E-state index is 12.4. The summed E-state index contributed by atoms with van der Waals surface area (Å²) < 4.78 is 0. The first-order chi connectivity index (χ1) is 16.9. The lowest BCUT2D eigenvalue weighted by molar-refractivity contribution is 0.0821. The van der Waals surface area contributed by atoms with E-state index in [4.69, 9.17) is 0 Å². The van der Waals surface area contributed by atoms with Crippen LogP contribution in [0.15, 0.2) is 53.9 Å². The molecule has 0 spiro atoms. The molecule has 1 aliphatic heterocycles. The summed E-state index contributed by atoms with van der Waals surface area (Å²) in [7, 11) is 3.39. The van der Waals surface area contributed by atoms with Crippen LogP contribution in [-0.4, -0.2) is 76.4 Å². The topological polar surface area (TPSA) is 114 Å². The second kappa shape index (κ2) is 10.3. The predicted octanol–water partition coefficient (Wildman–Crippen LogP) is 2.82. The highest BCUT2D eigenvalue weighted by molar-refractivity contribution is 6.02. The molecule has 1 N–H and O–H groups in total. The van der Waals surface area contributed by atoms with Crippen molar-refractivity contribution in [1.29, 1.82) is 5.26 Å². The molecule has 1 unspecified atom stereocenters. The van der Waals surface area contributed by atoms with Gasteiger partial charge < -0.3 is 20.0 Å². The highest BCUT2D eigenvalue weighted by Crippen LogP contribution is 2.25. The lowest BCUT2D eigenvalue weighted by Crippen LogP contribution is -2.58. The lowest BCUT2D eigenvalue weighted by Gasteiger charge is -2.45. The third-order valence-electron chi connectivity index (χ3n) is 6.08. The summed E-state index contributed by atoms with van der Waals surface area (Å²) in [6, 6.07) is 9.77. The van der Waals surface area contributed by atoms with Gasteiger partial charge in [-0.05, 0) is 30.2 Å². The Morgan fingerprint density at radius 2 is 2.06 bits per heavy atom. The quantitative estimate of drug-likeness (QED) is 0.351. The van der Waals surface area contributed by atoms with Gasteiger partial charge in [-0.25, -0.2) is 4.98 Å². The Kier molecular flexibility index (Phi) is 7.06. The van der Waals surface area contributed by atoms with Crippen LogP contribution in [0.3, 0.4) is 0 Å². The number of benzene rings is 1. The number of nitrogens with one attached hydrogen (secondary N) is 1. The Balaban J connectivity index is 1.60. The molecule has 10 nitrogen and oxygen atoms in total. The van der Waals surface area contributed by atoms with E-state index < -0.39 is 0 Å². The highest BCUT2D eigenvalue weighted by Gasteiger charge is 2.33. The molecule has 1 fully saturated rings. The summed E-state index contributed by atoms with van der Waals surface area (Å²) >= 11 is 0. The van der Waals surface area contributed by atoms with Crippen LogP contribution in [0.2, 0.25) is 0 Å². The fraction of sp³-hybridized carbons (Fsp3) is 0.360. The SMILES string of the molecule is CC(C)C1CN(c2cncc(C(=O)N(C)C)n2)CCN1/C(=N\C#N)Nc1cccc2ncccc12.